The number of aromatic hydroxyl groups is 1. The van der Waals surface area contributed by atoms with Crippen molar-refractivity contribution in [3.8, 4) is 5.75 Å². The molecule has 0 heterocycles. The van der Waals surface area contributed by atoms with E-state index in [1.165, 1.54) is 25.0 Å². The van der Waals surface area contributed by atoms with Crippen molar-refractivity contribution >= 4 is 17.3 Å². The molecule has 5 N–H and O–H groups in total. The van der Waals surface area contributed by atoms with Crippen molar-refractivity contribution in [2.45, 2.75) is 18.9 Å². The number of phenols is 1. The fraction of sp³-hybridized carbons (Fsp3) is 0.333. The van der Waals surface area contributed by atoms with Gasteiger partial charge in [0.2, 0.25) is 0 Å². The molecule has 72 valence electrons. The van der Waals surface area contributed by atoms with Crippen LogP contribution in [-0.2, 0) is 0 Å². The van der Waals surface area contributed by atoms with Gasteiger partial charge in [-0.2, -0.15) is 0 Å². The van der Waals surface area contributed by atoms with Crippen LogP contribution in [0.3, 0.4) is 0 Å². The normalized spacial score (nSPS) is 14.6. The van der Waals surface area contributed by atoms with Crippen LogP contribution in [0.2, 0.25) is 5.02 Å². The van der Waals surface area contributed by atoms with Crippen LogP contribution >= 0.6 is 11.6 Å². The van der Waals surface area contributed by atoms with E-state index in [1.54, 1.807) is 6.07 Å². The Hall–Kier alpha value is -0.930. The summed E-state index contributed by atoms with van der Waals surface area (Å²) in [5.41, 5.74) is 11.0. The van der Waals surface area contributed by atoms with Crippen LogP contribution in [0.4, 0.5) is 5.69 Å². The van der Waals surface area contributed by atoms with Gasteiger partial charge in [0, 0.05) is 12.1 Å². The maximum atomic E-state index is 8.80. The van der Waals surface area contributed by atoms with Crippen LogP contribution in [0.15, 0.2) is 18.2 Å². The lowest BCUT2D eigenvalue weighted by atomic mass is 10.3. The minimum absolute atomic E-state index is 0.134. The monoisotopic (exact) mass is 200 g/mol. The third-order valence-corrected chi connectivity index (χ3v) is 1.93. The molecule has 0 radical (unpaired) electrons. The zero-order chi connectivity index (χ0) is 9.84. The van der Waals surface area contributed by atoms with E-state index in [9.17, 15) is 0 Å². The Morgan fingerprint density at radius 2 is 1.92 bits per heavy atom. The van der Waals surface area contributed by atoms with Crippen molar-refractivity contribution in [3.63, 3.8) is 0 Å². The second-order valence-electron chi connectivity index (χ2n) is 3.04. The number of nitrogen functional groups attached to an aromatic ring is 1. The quantitative estimate of drug-likeness (QED) is 0.441. The third kappa shape index (κ3) is 4.01. The summed E-state index contributed by atoms with van der Waals surface area (Å²) in [6.45, 7) is 0. The fourth-order valence-corrected chi connectivity index (χ4v) is 0.787. The number of nitrogens with two attached hydrogens (primary N) is 2. The fourth-order valence-electron chi connectivity index (χ4n) is 0.612. The Morgan fingerprint density at radius 1 is 1.38 bits per heavy atom. The Balaban J connectivity index is 0.000000175. The second kappa shape index (κ2) is 4.35. The summed E-state index contributed by atoms with van der Waals surface area (Å²) in [5, 5.41) is 9.18. The molecule has 0 amide bonds. The molecule has 1 aromatic rings. The van der Waals surface area contributed by atoms with E-state index in [4.69, 9.17) is 28.2 Å². The Morgan fingerprint density at radius 3 is 2.23 bits per heavy atom. The van der Waals surface area contributed by atoms with Gasteiger partial charge < -0.3 is 16.6 Å². The average Bonchev–Trinajstić information content (AvgIpc) is 2.82. The number of halogens is 1. The average molecular weight is 201 g/mol. The first-order chi connectivity index (χ1) is 6.09. The molecule has 0 aromatic heterocycles. The molecular formula is C9H13ClN2O. The highest BCUT2D eigenvalue weighted by Crippen LogP contribution is 2.22. The molecule has 0 saturated heterocycles. The highest BCUT2D eigenvalue weighted by atomic mass is 35.5. The van der Waals surface area contributed by atoms with E-state index in [0.717, 1.165) is 0 Å². The minimum Gasteiger partial charge on any atom is -0.508 e. The van der Waals surface area contributed by atoms with E-state index < -0.39 is 0 Å². The lowest BCUT2D eigenvalue weighted by Gasteiger charge is -1.95. The molecule has 1 saturated carbocycles. The summed E-state index contributed by atoms with van der Waals surface area (Å²) in [5.74, 6) is 0.134. The first kappa shape index (κ1) is 10.2. The predicted octanol–water partition coefficient (Wildman–Crippen LogP) is 1.74. The van der Waals surface area contributed by atoms with Crippen LogP contribution in [-0.4, -0.2) is 11.1 Å². The van der Waals surface area contributed by atoms with E-state index in [2.05, 4.69) is 0 Å². The lowest BCUT2D eigenvalue weighted by Crippen LogP contribution is -1.94. The number of hydrogen-bond donors (Lipinski definition) is 3. The van der Waals surface area contributed by atoms with Gasteiger partial charge in [0.05, 0.1) is 10.7 Å². The molecule has 0 aliphatic heterocycles. The number of rotatable bonds is 0. The molecule has 0 bridgehead atoms. The first-order valence-corrected chi connectivity index (χ1v) is 4.47. The maximum absolute atomic E-state index is 8.80. The Bertz CT molecular complexity index is 287. The molecule has 13 heavy (non-hydrogen) atoms. The lowest BCUT2D eigenvalue weighted by molar-refractivity contribution is 0.475. The third-order valence-electron chi connectivity index (χ3n) is 1.61. The molecule has 0 atom stereocenters. The molecule has 4 heteroatoms. The molecular weight excluding hydrogens is 188 g/mol. The first-order valence-electron chi connectivity index (χ1n) is 4.09. The summed E-state index contributed by atoms with van der Waals surface area (Å²) >= 11 is 5.53. The smallest absolute Gasteiger partial charge is 0.117 e. The van der Waals surface area contributed by atoms with Crippen molar-refractivity contribution < 1.29 is 5.11 Å². The summed E-state index contributed by atoms with van der Waals surface area (Å²) in [6.07, 6.45) is 2.53. The van der Waals surface area contributed by atoms with Gasteiger partial charge in [-0.3, -0.25) is 0 Å². The van der Waals surface area contributed by atoms with Gasteiger partial charge in [-0.15, -0.1) is 0 Å². The molecule has 1 aliphatic rings. The van der Waals surface area contributed by atoms with Crippen molar-refractivity contribution in [3.05, 3.63) is 23.2 Å². The Labute approximate surface area is 82.3 Å². The SMILES string of the molecule is NC1CC1.Nc1ccc(O)cc1Cl. The summed E-state index contributed by atoms with van der Waals surface area (Å²) < 4.78 is 0. The molecule has 2 rings (SSSR count). The second-order valence-corrected chi connectivity index (χ2v) is 3.45. The highest BCUT2D eigenvalue weighted by molar-refractivity contribution is 6.33. The standard InChI is InChI=1S/C6H6ClNO.C3H7N/c7-5-3-4(9)1-2-6(5)8;4-3-1-2-3/h1-3,9H,8H2;3H,1-2,4H2. The molecule has 1 fully saturated rings. The highest BCUT2D eigenvalue weighted by Gasteiger charge is 2.13. The van der Waals surface area contributed by atoms with Gasteiger partial charge in [-0.05, 0) is 25.0 Å². The van der Waals surface area contributed by atoms with Gasteiger partial charge in [0.1, 0.15) is 5.75 Å². The number of anilines is 1. The van der Waals surface area contributed by atoms with Crippen molar-refractivity contribution in [1.82, 2.24) is 0 Å². The van der Waals surface area contributed by atoms with Gasteiger partial charge >= 0.3 is 0 Å². The van der Waals surface area contributed by atoms with E-state index in [-0.39, 0.29) is 5.75 Å². The van der Waals surface area contributed by atoms with Crippen LogP contribution < -0.4 is 11.5 Å². The minimum atomic E-state index is 0.134. The summed E-state index contributed by atoms with van der Waals surface area (Å²) in [7, 11) is 0. The summed E-state index contributed by atoms with van der Waals surface area (Å²) in [6, 6.07) is 5.02. The maximum Gasteiger partial charge on any atom is 0.117 e. The van der Waals surface area contributed by atoms with E-state index in [1.807, 2.05) is 0 Å². The van der Waals surface area contributed by atoms with Gasteiger partial charge in [0.25, 0.3) is 0 Å². The largest absolute Gasteiger partial charge is 0.508 e. The van der Waals surface area contributed by atoms with Gasteiger partial charge in [-0.25, -0.2) is 0 Å². The van der Waals surface area contributed by atoms with E-state index >= 15 is 0 Å². The van der Waals surface area contributed by atoms with Crippen molar-refractivity contribution in [2.24, 2.45) is 5.73 Å². The zero-order valence-electron chi connectivity index (χ0n) is 7.20. The summed E-state index contributed by atoms with van der Waals surface area (Å²) in [4.78, 5) is 0. The van der Waals surface area contributed by atoms with Crippen LogP contribution in [0.25, 0.3) is 0 Å². The zero-order valence-corrected chi connectivity index (χ0v) is 7.96. The molecule has 3 nitrogen and oxygen atoms in total. The van der Waals surface area contributed by atoms with Crippen LogP contribution in [0.5, 0.6) is 5.75 Å². The van der Waals surface area contributed by atoms with Crippen LogP contribution in [0, 0.1) is 0 Å². The molecule has 0 spiro atoms. The molecule has 1 aliphatic carbocycles. The predicted molar refractivity (Wildman–Crippen MR) is 54.7 cm³/mol. The van der Waals surface area contributed by atoms with Gasteiger partial charge in [-0.1, -0.05) is 11.6 Å². The molecule has 0 unspecified atom stereocenters. The Kier molecular flexibility index (Phi) is 3.39. The topological polar surface area (TPSA) is 72.3 Å². The van der Waals surface area contributed by atoms with Crippen molar-refractivity contribution in [1.29, 1.82) is 0 Å². The van der Waals surface area contributed by atoms with E-state index in [0.29, 0.717) is 16.8 Å². The van der Waals surface area contributed by atoms with Crippen LogP contribution in [0.1, 0.15) is 12.8 Å². The number of hydrogen-bond acceptors (Lipinski definition) is 3. The molecule has 1 aromatic carbocycles. The van der Waals surface area contributed by atoms with Crippen molar-refractivity contribution in [2.75, 3.05) is 5.73 Å². The van der Waals surface area contributed by atoms with Gasteiger partial charge in [0.15, 0.2) is 0 Å². The number of benzene rings is 1. The number of phenolic OH excluding ortho intramolecular Hbond substituents is 1.